The molecule has 0 fully saturated rings. The third-order valence-electron chi connectivity index (χ3n) is 5.50. The van der Waals surface area contributed by atoms with Gasteiger partial charge < -0.3 is 18.9 Å². The first-order valence-electron chi connectivity index (χ1n) is 10.9. The molecule has 0 spiro atoms. The van der Waals surface area contributed by atoms with Crippen LogP contribution < -0.4 is 14.2 Å². The number of para-hydroxylation sites is 1. The summed E-state index contributed by atoms with van der Waals surface area (Å²) in [5, 5.41) is 0.416. The number of benzene rings is 2. The molecule has 0 saturated heterocycles. The lowest BCUT2D eigenvalue weighted by Gasteiger charge is -2.15. The topological polar surface area (TPSA) is 79.2 Å². The highest BCUT2D eigenvalue weighted by Gasteiger charge is 2.23. The SMILES string of the molecule is CCOC(=O)c1ccc(C2C=Nc3cc(OC)c(OC)cc3CC2)nc1Oc1ccccc1Cl. The van der Waals surface area contributed by atoms with E-state index in [1.807, 2.05) is 18.3 Å². The number of ether oxygens (including phenoxy) is 4. The quantitative estimate of drug-likeness (QED) is 0.377. The number of aromatic nitrogens is 1. The van der Waals surface area contributed by atoms with Gasteiger partial charge in [-0.2, -0.15) is 0 Å². The highest BCUT2D eigenvalue weighted by atomic mass is 35.5. The lowest BCUT2D eigenvalue weighted by atomic mass is 9.97. The number of nitrogens with zero attached hydrogens (tertiary/aromatic N) is 2. The Balaban J connectivity index is 1.67. The molecule has 34 heavy (non-hydrogen) atoms. The van der Waals surface area contributed by atoms with Gasteiger partial charge in [-0.1, -0.05) is 23.7 Å². The van der Waals surface area contributed by atoms with E-state index in [1.165, 1.54) is 0 Å². The minimum absolute atomic E-state index is 0.0887. The number of hydrogen-bond donors (Lipinski definition) is 0. The van der Waals surface area contributed by atoms with Crippen molar-refractivity contribution < 1.29 is 23.7 Å². The van der Waals surface area contributed by atoms with Crippen LogP contribution in [0.3, 0.4) is 0 Å². The Morgan fingerprint density at radius 2 is 1.82 bits per heavy atom. The average molecular weight is 481 g/mol. The zero-order chi connectivity index (χ0) is 24.1. The molecular formula is C26H25ClN2O5. The van der Waals surface area contributed by atoms with E-state index in [1.54, 1.807) is 57.5 Å². The molecule has 3 aromatic rings. The Labute approximate surface area is 203 Å². The Morgan fingerprint density at radius 1 is 1.06 bits per heavy atom. The number of aryl methyl sites for hydroxylation is 1. The molecule has 1 aliphatic rings. The maximum atomic E-state index is 12.5. The van der Waals surface area contributed by atoms with Gasteiger partial charge in [0.25, 0.3) is 0 Å². The van der Waals surface area contributed by atoms with Crippen molar-refractivity contribution in [1.82, 2.24) is 4.98 Å². The summed E-state index contributed by atoms with van der Waals surface area (Å²) in [7, 11) is 3.21. The van der Waals surface area contributed by atoms with Gasteiger partial charge in [-0.25, -0.2) is 9.78 Å². The highest BCUT2D eigenvalue weighted by molar-refractivity contribution is 6.32. The first kappa shape index (κ1) is 23.6. The molecule has 1 aliphatic heterocycles. The molecule has 2 heterocycles. The number of carbonyl (C=O) groups is 1. The van der Waals surface area contributed by atoms with Gasteiger partial charge in [-0.15, -0.1) is 0 Å². The molecule has 0 saturated carbocycles. The van der Waals surface area contributed by atoms with Crippen molar-refractivity contribution >= 4 is 29.5 Å². The van der Waals surface area contributed by atoms with Gasteiger partial charge in [0.15, 0.2) is 11.5 Å². The number of halogens is 1. The maximum absolute atomic E-state index is 12.5. The second-order valence-electron chi connectivity index (χ2n) is 7.60. The van der Waals surface area contributed by atoms with E-state index in [2.05, 4.69) is 9.98 Å². The minimum Gasteiger partial charge on any atom is -0.493 e. The molecule has 1 unspecified atom stereocenters. The first-order valence-corrected chi connectivity index (χ1v) is 11.3. The van der Waals surface area contributed by atoms with Gasteiger partial charge in [0.05, 0.1) is 37.2 Å². The van der Waals surface area contributed by atoms with Crippen molar-refractivity contribution in [3.63, 3.8) is 0 Å². The van der Waals surface area contributed by atoms with E-state index in [4.69, 9.17) is 30.5 Å². The largest absolute Gasteiger partial charge is 0.493 e. The van der Waals surface area contributed by atoms with E-state index in [-0.39, 0.29) is 24.0 Å². The Bertz CT molecular complexity index is 1230. The van der Waals surface area contributed by atoms with Gasteiger partial charge in [0.1, 0.15) is 11.3 Å². The summed E-state index contributed by atoms with van der Waals surface area (Å²) >= 11 is 6.27. The lowest BCUT2D eigenvalue weighted by molar-refractivity contribution is 0.0522. The summed E-state index contributed by atoms with van der Waals surface area (Å²) in [6.07, 6.45) is 3.40. The van der Waals surface area contributed by atoms with Crippen LogP contribution in [0.1, 0.15) is 40.9 Å². The van der Waals surface area contributed by atoms with Crippen molar-refractivity contribution in [2.45, 2.75) is 25.7 Å². The second kappa shape index (κ2) is 10.6. The van der Waals surface area contributed by atoms with Crippen LogP contribution in [0, 0.1) is 0 Å². The van der Waals surface area contributed by atoms with Crippen LogP contribution in [0.25, 0.3) is 0 Å². The number of fused-ring (bicyclic) bond motifs is 1. The molecule has 7 nitrogen and oxygen atoms in total. The van der Waals surface area contributed by atoms with E-state index >= 15 is 0 Å². The average Bonchev–Trinajstić information content (AvgIpc) is 3.06. The van der Waals surface area contributed by atoms with E-state index in [0.717, 1.165) is 29.8 Å². The van der Waals surface area contributed by atoms with Crippen molar-refractivity contribution in [3.8, 4) is 23.1 Å². The van der Waals surface area contributed by atoms with Crippen LogP contribution in [0.4, 0.5) is 5.69 Å². The van der Waals surface area contributed by atoms with Crippen LogP contribution in [0.2, 0.25) is 5.02 Å². The molecule has 0 bridgehead atoms. The molecule has 0 N–H and O–H groups in total. The monoisotopic (exact) mass is 480 g/mol. The predicted octanol–water partition coefficient (Wildman–Crippen LogP) is 6.15. The van der Waals surface area contributed by atoms with Gasteiger partial charge in [-0.05, 0) is 55.7 Å². The fourth-order valence-corrected chi connectivity index (χ4v) is 3.92. The van der Waals surface area contributed by atoms with Crippen LogP contribution in [-0.4, -0.2) is 38.0 Å². The number of methoxy groups -OCH3 is 2. The van der Waals surface area contributed by atoms with E-state index in [9.17, 15) is 4.79 Å². The van der Waals surface area contributed by atoms with Crippen molar-refractivity contribution in [2.24, 2.45) is 4.99 Å². The molecule has 2 aromatic carbocycles. The standard InChI is InChI=1S/C26H25ClN2O5/c1-4-33-26(30)18-11-12-20(29-25(18)34-22-8-6-5-7-19(22)27)17-10-9-16-13-23(31-2)24(32-3)14-21(16)28-15-17/h5-8,11-15,17H,4,9-10H2,1-3H3. The summed E-state index contributed by atoms with van der Waals surface area (Å²) in [5.74, 6) is 1.24. The first-order chi connectivity index (χ1) is 16.5. The summed E-state index contributed by atoms with van der Waals surface area (Å²) in [6.45, 7) is 1.99. The van der Waals surface area contributed by atoms with Gasteiger partial charge in [0, 0.05) is 18.2 Å². The molecule has 1 atom stereocenters. The minimum atomic E-state index is -0.510. The third-order valence-corrected chi connectivity index (χ3v) is 5.82. The summed E-state index contributed by atoms with van der Waals surface area (Å²) in [6, 6.07) is 14.3. The lowest BCUT2D eigenvalue weighted by Crippen LogP contribution is -2.11. The molecular weight excluding hydrogens is 456 g/mol. The predicted molar refractivity (Wildman–Crippen MR) is 130 cm³/mol. The van der Waals surface area contributed by atoms with E-state index < -0.39 is 5.97 Å². The van der Waals surface area contributed by atoms with Crippen LogP contribution in [-0.2, 0) is 11.2 Å². The maximum Gasteiger partial charge on any atom is 0.343 e. The number of esters is 1. The Morgan fingerprint density at radius 3 is 2.56 bits per heavy atom. The summed E-state index contributed by atoms with van der Waals surface area (Å²) in [5.41, 5.74) is 2.85. The number of pyridine rings is 1. The van der Waals surface area contributed by atoms with Crippen LogP contribution in [0.15, 0.2) is 53.5 Å². The van der Waals surface area contributed by atoms with Crippen molar-refractivity contribution in [2.75, 3.05) is 20.8 Å². The van der Waals surface area contributed by atoms with E-state index in [0.29, 0.717) is 22.3 Å². The summed E-state index contributed by atoms with van der Waals surface area (Å²) in [4.78, 5) is 21.9. The van der Waals surface area contributed by atoms with Crippen LogP contribution >= 0.6 is 11.6 Å². The zero-order valence-corrected chi connectivity index (χ0v) is 20.0. The van der Waals surface area contributed by atoms with Gasteiger partial charge >= 0.3 is 5.97 Å². The highest BCUT2D eigenvalue weighted by Crippen LogP contribution is 2.38. The fraction of sp³-hybridized carbons (Fsp3) is 0.269. The number of hydrogen-bond acceptors (Lipinski definition) is 7. The molecule has 8 heteroatoms. The van der Waals surface area contributed by atoms with Gasteiger partial charge in [0.2, 0.25) is 5.88 Å². The van der Waals surface area contributed by atoms with Crippen LogP contribution in [0.5, 0.6) is 23.1 Å². The van der Waals surface area contributed by atoms with Gasteiger partial charge in [-0.3, -0.25) is 4.99 Å². The van der Waals surface area contributed by atoms with Crippen molar-refractivity contribution in [3.05, 3.63) is 70.4 Å². The number of aliphatic imine (C=N–C) groups is 1. The number of rotatable bonds is 7. The smallest absolute Gasteiger partial charge is 0.343 e. The zero-order valence-electron chi connectivity index (χ0n) is 19.2. The Hall–Kier alpha value is -3.58. The number of carbonyl (C=O) groups excluding carboxylic acids is 1. The fourth-order valence-electron chi connectivity index (χ4n) is 3.75. The molecule has 4 rings (SSSR count). The molecule has 1 aromatic heterocycles. The molecule has 0 radical (unpaired) electrons. The Kier molecular flexibility index (Phi) is 7.33. The normalized spacial score (nSPS) is 14.6. The third kappa shape index (κ3) is 4.99. The molecule has 0 amide bonds. The van der Waals surface area contributed by atoms with Crippen molar-refractivity contribution in [1.29, 1.82) is 0 Å². The second-order valence-corrected chi connectivity index (χ2v) is 8.01. The summed E-state index contributed by atoms with van der Waals surface area (Å²) < 4.78 is 22.0. The molecule has 176 valence electrons. The molecule has 0 aliphatic carbocycles.